The summed E-state index contributed by atoms with van der Waals surface area (Å²) in [7, 11) is 0. The third-order valence-electron chi connectivity index (χ3n) is 4.28. The van der Waals surface area contributed by atoms with Gasteiger partial charge in [-0.1, -0.05) is 31.2 Å². The summed E-state index contributed by atoms with van der Waals surface area (Å²) in [5.74, 6) is 0.668. The fourth-order valence-corrected chi connectivity index (χ4v) is 3.49. The average molecular weight is 391 g/mol. The zero-order chi connectivity index (χ0) is 19.8. The van der Waals surface area contributed by atoms with Crippen molar-refractivity contribution in [2.24, 2.45) is 0 Å². The SMILES string of the molecule is CCCN(Cc1ccc(C#N)cc1)C(=O)c1cccc(OCc2cccs2)c1. The van der Waals surface area contributed by atoms with Crippen LogP contribution in [0.25, 0.3) is 0 Å². The molecule has 0 bridgehead atoms. The maximum atomic E-state index is 13.1. The number of carbonyl (C=O) groups excluding carboxylic acids is 1. The van der Waals surface area contributed by atoms with Crippen molar-refractivity contribution in [2.45, 2.75) is 26.5 Å². The molecule has 2 aromatic carbocycles. The number of thiophene rings is 1. The van der Waals surface area contributed by atoms with Gasteiger partial charge in [-0.3, -0.25) is 4.79 Å². The van der Waals surface area contributed by atoms with Crippen molar-refractivity contribution in [3.63, 3.8) is 0 Å². The third kappa shape index (κ3) is 5.21. The van der Waals surface area contributed by atoms with E-state index in [2.05, 4.69) is 13.0 Å². The Hall–Kier alpha value is -3.10. The van der Waals surface area contributed by atoms with Crippen LogP contribution in [0.4, 0.5) is 0 Å². The Balaban J connectivity index is 1.71. The van der Waals surface area contributed by atoms with Crippen LogP contribution < -0.4 is 4.74 Å². The molecule has 28 heavy (non-hydrogen) atoms. The van der Waals surface area contributed by atoms with Crippen molar-refractivity contribution in [1.29, 1.82) is 5.26 Å². The molecule has 0 radical (unpaired) electrons. The third-order valence-corrected chi connectivity index (χ3v) is 5.13. The first-order valence-electron chi connectivity index (χ1n) is 9.23. The largest absolute Gasteiger partial charge is 0.488 e. The summed E-state index contributed by atoms with van der Waals surface area (Å²) >= 11 is 1.65. The topological polar surface area (TPSA) is 53.3 Å². The molecule has 0 saturated carbocycles. The van der Waals surface area contributed by atoms with E-state index in [0.29, 0.717) is 36.6 Å². The normalized spacial score (nSPS) is 10.3. The minimum Gasteiger partial charge on any atom is -0.488 e. The van der Waals surface area contributed by atoms with E-state index >= 15 is 0 Å². The summed E-state index contributed by atoms with van der Waals surface area (Å²) in [5.41, 5.74) is 2.24. The molecule has 3 aromatic rings. The van der Waals surface area contributed by atoms with Crippen molar-refractivity contribution >= 4 is 17.2 Å². The standard InChI is InChI=1S/C23H22N2O2S/c1-2-12-25(16-19-10-8-18(15-24)9-11-19)23(26)20-5-3-6-21(14-20)27-17-22-7-4-13-28-22/h3-11,13-14H,2,12,16-17H2,1H3. The van der Waals surface area contributed by atoms with Crippen LogP contribution in [0.1, 0.15) is 39.7 Å². The quantitative estimate of drug-likeness (QED) is 0.528. The lowest BCUT2D eigenvalue weighted by Gasteiger charge is -2.22. The predicted molar refractivity (Wildman–Crippen MR) is 111 cm³/mol. The Labute approximate surface area is 169 Å². The lowest BCUT2D eigenvalue weighted by Crippen LogP contribution is -2.31. The highest BCUT2D eigenvalue weighted by molar-refractivity contribution is 7.09. The molecule has 0 atom stereocenters. The van der Waals surface area contributed by atoms with Gasteiger partial charge in [0.1, 0.15) is 12.4 Å². The van der Waals surface area contributed by atoms with Gasteiger partial charge in [0.05, 0.1) is 11.6 Å². The van der Waals surface area contributed by atoms with Gasteiger partial charge < -0.3 is 9.64 Å². The van der Waals surface area contributed by atoms with Crippen molar-refractivity contribution in [3.05, 3.63) is 87.6 Å². The molecule has 0 fully saturated rings. The molecular formula is C23H22N2O2S. The van der Waals surface area contributed by atoms with Gasteiger partial charge in [-0.05, 0) is 53.8 Å². The smallest absolute Gasteiger partial charge is 0.254 e. The van der Waals surface area contributed by atoms with Crippen molar-refractivity contribution in [2.75, 3.05) is 6.54 Å². The maximum Gasteiger partial charge on any atom is 0.254 e. The molecule has 3 rings (SSSR count). The number of amides is 1. The van der Waals surface area contributed by atoms with Crippen molar-refractivity contribution in [1.82, 2.24) is 4.90 Å². The van der Waals surface area contributed by atoms with E-state index in [4.69, 9.17) is 10.00 Å². The van der Waals surface area contributed by atoms with Crippen LogP contribution >= 0.6 is 11.3 Å². The molecule has 0 unspecified atom stereocenters. The Morgan fingerprint density at radius 1 is 1.14 bits per heavy atom. The van der Waals surface area contributed by atoms with Gasteiger partial charge in [0.25, 0.3) is 5.91 Å². The Kier molecular flexibility index (Phi) is 6.83. The molecule has 0 aliphatic carbocycles. The van der Waals surface area contributed by atoms with Crippen LogP contribution in [-0.2, 0) is 13.2 Å². The molecule has 1 heterocycles. The molecule has 0 aliphatic heterocycles. The van der Waals surface area contributed by atoms with Crippen LogP contribution in [-0.4, -0.2) is 17.4 Å². The number of ether oxygens (including phenoxy) is 1. The predicted octanol–water partition coefficient (Wildman–Crippen LogP) is 5.25. The number of hydrogen-bond donors (Lipinski definition) is 0. The first kappa shape index (κ1) is 19.7. The first-order valence-corrected chi connectivity index (χ1v) is 10.1. The van der Waals surface area contributed by atoms with Crippen LogP contribution in [0.15, 0.2) is 66.0 Å². The minimum absolute atomic E-state index is 0.0206. The van der Waals surface area contributed by atoms with Crippen LogP contribution in [0.3, 0.4) is 0 Å². The van der Waals surface area contributed by atoms with E-state index < -0.39 is 0 Å². The lowest BCUT2D eigenvalue weighted by molar-refractivity contribution is 0.0742. The molecule has 0 saturated heterocycles. The second-order valence-electron chi connectivity index (χ2n) is 6.43. The molecule has 4 nitrogen and oxygen atoms in total. The Morgan fingerprint density at radius 3 is 2.64 bits per heavy atom. The highest BCUT2D eigenvalue weighted by atomic mass is 32.1. The number of hydrogen-bond acceptors (Lipinski definition) is 4. The summed E-state index contributed by atoms with van der Waals surface area (Å²) in [4.78, 5) is 16.0. The summed E-state index contributed by atoms with van der Waals surface area (Å²) in [5, 5.41) is 11.0. The molecule has 142 valence electrons. The van der Waals surface area contributed by atoms with E-state index in [1.165, 1.54) is 0 Å². The van der Waals surface area contributed by atoms with Gasteiger partial charge >= 0.3 is 0 Å². The second-order valence-corrected chi connectivity index (χ2v) is 7.46. The number of rotatable bonds is 8. The van der Waals surface area contributed by atoms with E-state index in [0.717, 1.165) is 16.9 Å². The molecular weight excluding hydrogens is 368 g/mol. The summed E-state index contributed by atoms with van der Waals surface area (Å²) in [6.45, 7) is 3.73. The Morgan fingerprint density at radius 2 is 1.96 bits per heavy atom. The zero-order valence-corrected chi connectivity index (χ0v) is 16.6. The Bertz CT molecular complexity index is 943. The highest BCUT2D eigenvalue weighted by Gasteiger charge is 2.16. The number of nitrogens with zero attached hydrogens (tertiary/aromatic N) is 2. The van der Waals surface area contributed by atoms with E-state index in [1.807, 2.05) is 52.7 Å². The van der Waals surface area contributed by atoms with E-state index in [1.54, 1.807) is 29.5 Å². The van der Waals surface area contributed by atoms with Crippen LogP contribution in [0, 0.1) is 11.3 Å². The van der Waals surface area contributed by atoms with Gasteiger partial charge in [0.2, 0.25) is 0 Å². The number of benzene rings is 2. The second kappa shape index (κ2) is 9.72. The fourth-order valence-electron chi connectivity index (χ4n) is 2.88. The summed E-state index contributed by atoms with van der Waals surface area (Å²) in [6.07, 6.45) is 0.872. The van der Waals surface area contributed by atoms with Gasteiger partial charge in [0.15, 0.2) is 0 Å². The van der Waals surface area contributed by atoms with Gasteiger partial charge in [-0.2, -0.15) is 5.26 Å². The zero-order valence-electron chi connectivity index (χ0n) is 15.8. The van der Waals surface area contributed by atoms with Gasteiger partial charge in [-0.15, -0.1) is 11.3 Å². The monoisotopic (exact) mass is 390 g/mol. The van der Waals surface area contributed by atoms with Crippen molar-refractivity contribution < 1.29 is 9.53 Å². The van der Waals surface area contributed by atoms with E-state index in [9.17, 15) is 4.79 Å². The number of carbonyl (C=O) groups is 1. The lowest BCUT2D eigenvalue weighted by atomic mass is 10.1. The van der Waals surface area contributed by atoms with E-state index in [-0.39, 0.29) is 5.91 Å². The first-order chi connectivity index (χ1) is 13.7. The maximum absolute atomic E-state index is 13.1. The molecule has 0 aliphatic rings. The minimum atomic E-state index is -0.0206. The molecule has 0 spiro atoms. The van der Waals surface area contributed by atoms with Crippen molar-refractivity contribution in [3.8, 4) is 11.8 Å². The summed E-state index contributed by atoms with van der Waals surface area (Å²) in [6, 6.07) is 20.8. The molecule has 1 aromatic heterocycles. The van der Waals surface area contributed by atoms with Crippen LogP contribution in [0.5, 0.6) is 5.75 Å². The molecule has 5 heteroatoms. The van der Waals surface area contributed by atoms with Crippen LogP contribution in [0.2, 0.25) is 0 Å². The van der Waals surface area contributed by atoms with Gasteiger partial charge in [-0.25, -0.2) is 0 Å². The van der Waals surface area contributed by atoms with Gasteiger partial charge in [0, 0.05) is 23.5 Å². The fraction of sp³-hybridized carbons (Fsp3) is 0.217. The molecule has 0 N–H and O–H groups in total. The number of nitriles is 1. The summed E-state index contributed by atoms with van der Waals surface area (Å²) < 4.78 is 5.83. The molecule has 1 amide bonds. The highest BCUT2D eigenvalue weighted by Crippen LogP contribution is 2.19. The average Bonchev–Trinajstić information content (AvgIpc) is 3.26.